The number of hydrogen-bond donors (Lipinski definition) is 2. The Morgan fingerprint density at radius 2 is 2.36 bits per heavy atom. The Labute approximate surface area is 92.8 Å². The first kappa shape index (κ1) is 11.2. The standard InChI is InChI=1S/C9H11N3S.ClH/c1-6(10)8-4-7(5-13-8)9-11-2-3-12-9;/h2-6H,10H2,1H3,(H,11,12);1H/t6-;/m0./s1. The Kier molecular flexibility index (Phi) is 3.69. The number of imidazole rings is 1. The van der Waals surface area contributed by atoms with E-state index in [1.807, 2.05) is 13.1 Å². The minimum absolute atomic E-state index is 0. The topological polar surface area (TPSA) is 54.7 Å². The van der Waals surface area contributed by atoms with Crippen molar-refractivity contribution in [3.63, 3.8) is 0 Å². The number of hydrogen-bond acceptors (Lipinski definition) is 3. The van der Waals surface area contributed by atoms with Crippen LogP contribution in [0.25, 0.3) is 11.4 Å². The summed E-state index contributed by atoms with van der Waals surface area (Å²) in [6, 6.07) is 2.18. The zero-order valence-electron chi connectivity index (χ0n) is 7.73. The van der Waals surface area contributed by atoms with E-state index in [9.17, 15) is 0 Å². The summed E-state index contributed by atoms with van der Waals surface area (Å²) >= 11 is 1.67. The maximum absolute atomic E-state index is 5.76. The Balaban J connectivity index is 0.000000980. The van der Waals surface area contributed by atoms with Crippen LogP contribution in [-0.4, -0.2) is 9.97 Å². The SMILES string of the molecule is C[C@H](N)c1cc(-c2ncc[nH]2)cs1.Cl. The molecule has 0 aliphatic heterocycles. The van der Waals surface area contributed by atoms with Crippen LogP contribution in [0.3, 0.4) is 0 Å². The molecule has 2 heterocycles. The van der Waals surface area contributed by atoms with Gasteiger partial charge < -0.3 is 10.7 Å². The van der Waals surface area contributed by atoms with E-state index in [0.717, 1.165) is 11.4 Å². The highest BCUT2D eigenvalue weighted by Gasteiger charge is 2.06. The van der Waals surface area contributed by atoms with Crippen molar-refractivity contribution in [3.8, 4) is 11.4 Å². The number of aromatic amines is 1. The largest absolute Gasteiger partial charge is 0.345 e. The lowest BCUT2D eigenvalue weighted by Gasteiger charge is -1.97. The van der Waals surface area contributed by atoms with E-state index in [2.05, 4.69) is 21.4 Å². The van der Waals surface area contributed by atoms with E-state index in [1.54, 1.807) is 17.5 Å². The fourth-order valence-corrected chi connectivity index (χ4v) is 1.99. The van der Waals surface area contributed by atoms with Crippen LogP contribution in [0.15, 0.2) is 23.8 Å². The molecule has 0 spiro atoms. The second-order valence-electron chi connectivity index (χ2n) is 2.96. The van der Waals surface area contributed by atoms with E-state index in [-0.39, 0.29) is 18.4 Å². The Hall–Kier alpha value is -0.840. The molecule has 0 saturated carbocycles. The predicted molar refractivity (Wildman–Crippen MR) is 61.8 cm³/mol. The van der Waals surface area contributed by atoms with Gasteiger partial charge in [0.25, 0.3) is 0 Å². The van der Waals surface area contributed by atoms with Crippen molar-refractivity contribution in [3.05, 3.63) is 28.7 Å². The van der Waals surface area contributed by atoms with Crippen molar-refractivity contribution in [2.24, 2.45) is 5.73 Å². The van der Waals surface area contributed by atoms with Gasteiger partial charge in [0.15, 0.2) is 0 Å². The summed E-state index contributed by atoms with van der Waals surface area (Å²) in [6.45, 7) is 1.98. The fraction of sp³-hybridized carbons (Fsp3) is 0.222. The summed E-state index contributed by atoms with van der Waals surface area (Å²) in [5.74, 6) is 0.906. The van der Waals surface area contributed by atoms with Gasteiger partial charge in [-0.05, 0) is 13.0 Å². The lowest BCUT2D eigenvalue weighted by molar-refractivity contribution is 0.838. The quantitative estimate of drug-likeness (QED) is 0.832. The van der Waals surface area contributed by atoms with Crippen molar-refractivity contribution in [2.45, 2.75) is 13.0 Å². The second kappa shape index (κ2) is 4.59. The smallest absolute Gasteiger partial charge is 0.138 e. The lowest BCUT2D eigenvalue weighted by Crippen LogP contribution is -2.01. The predicted octanol–water partition coefficient (Wildman–Crippen LogP) is 2.58. The molecular weight excluding hydrogens is 218 g/mol. The van der Waals surface area contributed by atoms with E-state index in [1.165, 1.54) is 4.88 Å². The zero-order chi connectivity index (χ0) is 9.26. The minimum atomic E-state index is 0. The molecular formula is C9H12ClN3S. The number of thiophene rings is 1. The maximum Gasteiger partial charge on any atom is 0.138 e. The number of nitrogens with two attached hydrogens (primary N) is 1. The molecule has 0 unspecified atom stereocenters. The van der Waals surface area contributed by atoms with Crippen molar-refractivity contribution in [1.82, 2.24) is 9.97 Å². The molecule has 0 fully saturated rings. The molecule has 0 amide bonds. The summed E-state index contributed by atoms with van der Waals surface area (Å²) in [5.41, 5.74) is 6.87. The summed E-state index contributed by atoms with van der Waals surface area (Å²) < 4.78 is 0. The van der Waals surface area contributed by atoms with Gasteiger partial charge in [0.1, 0.15) is 5.82 Å². The highest BCUT2D eigenvalue weighted by atomic mass is 35.5. The summed E-state index contributed by atoms with van der Waals surface area (Å²) in [7, 11) is 0. The molecule has 0 bridgehead atoms. The second-order valence-corrected chi connectivity index (χ2v) is 3.91. The van der Waals surface area contributed by atoms with E-state index >= 15 is 0 Å². The molecule has 2 aromatic heterocycles. The first-order valence-corrected chi connectivity index (χ1v) is 4.99. The van der Waals surface area contributed by atoms with Gasteiger partial charge >= 0.3 is 0 Å². The summed E-state index contributed by atoms with van der Waals surface area (Å²) in [4.78, 5) is 8.42. The normalized spacial score (nSPS) is 12.1. The summed E-state index contributed by atoms with van der Waals surface area (Å²) in [5, 5.41) is 2.07. The number of H-pyrrole nitrogens is 1. The van der Waals surface area contributed by atoms with Crippen LogP contribution < -0.4 is 5.73 Å². The van der Waals surface area contributed by atoms with E-state index in [0.29, 0.717) is 0 Å². The Bertz CT molecular complexity index is 380. The average molecular weight is 230 g/mol. The highest BCUT2D eigenvalue weighted by molar-refractivity contribution is 7.10. The third kappa shape index (κ3) is 2.15. The number of nitrogens with one attached hydrogen (secondary N) is 1. The molecule has 3 N–H and O–H groups in total. The van der Waals surface area contributed by atoms with Crippen LogP contribution in [0, 0.1) is 0 Å². The van der Waals surface area contributed by atoms with Gasteiger partial charge in [-0.2, -0.15) is 0 Å². The zero-order valence-corrected chi connectivity index (χ0v) is 9.36. The van der Waals surface area contributed by atoms with Gasteiger partial charge in [-0.3, -0.25) is 0 Å². The lowest BCUT2D eigenvalue weighted by atomic mass is 10.2. The number of rotatable bonds is 2. The molecule has 0 aliphatic rings. The molecule has 2 aromatic rings. The van der Waals surface area contributed by atoms with Crippen LogP contribution in [0.4, 0.5) is 0 Å². The van der Waals surface area contributed by atoms with Crippen LogP contribution in [-0.2, 0) is 0 Å². The first-order valence-electron chi connectivity index (χ1n) is 4.11. The minimum Gasteiger partial charge on any atom is -0.345 e. The third-order valence-electron chi connectivity index (χ3n) is 1.84. The summed E-state index contributed by atoms with van der Waals surface area (Å²) in [6.07, 6.45) is 3.57. The van der Waals surface area contributed by atoms with Crippen molar-refractivity contribution >= 4 is 23.7 Å². The maximum atomic E-state index is 5.76. The molecule has 1 atom stereocenters. The first-order chi connectivity index (χ1) is 6.27. The van der Waals surface area contributed by atoms with Gasteiger partial charge in [-0.15, -0.1) is 23.7 Å². The van der Waals surface area contributed by atoms with Crippen LogP contribution >= 0.6 is 23.7 Å². The van der Waals surface area contributed by atoms with Crippen molar-refractivity contribution < 1.29 is 0 Å². The molecule has 0 radical (unpaired) electrons. The van der Waals surface area contributed by atoms with Crippen molar-refractivity contribution in [1.29, 1.82) is 0 Å². The molecule has 0 aromatic carbocycles. The van der Waals surface area contributed by atoms with Gasteiger partial charge in [0.05, 0.1) is 0 Å². The Morgan fingerprint density at radius 3 is 2.86 bits per heavy atom. The molecule has 3 nitrogen and oxygen atoms in total. The molecule has 2 rings (SSSR count). The molecule has 0 aliphatic carbocycles. The van der Waals surface area contributed by atoms with Crippen molar-refractivity contribution in [2.75, 3.05) is 0 Å². The fourth-order valence-electron chi connectivity index (χ4n) is 1.14. The molecule has 14 heavy (non-hydrogen) atoms. The molecule has 0 saturated heterocycles. The molecule has 5 heteroatoms. The Morgan fingerprint density at radius 1 is 1.57 bits per heavy atom. The monoisotopic (exact) mass is 229 g/mol. The third-order valence-corrected chi connectivity index (χ3v) is 2.97. The highest BCUT2D eigenvalue weighted by Crippen LogP contribution is 2.25. The van der Waals surface area contributed by atoms with Gasteiger partial charge in [-0.25, -0.2) is 4.98 Å². The van der Waals surface area contributed by atoms with Gasteiger partial charge in [0.2, 0.25) is 0 Å². The van der Waals surface area contributed by atoms with Gasteiger partial charge in [-0.1, -0.05) is 0 Å². The average Bonchev–Trinajstić information content (AvgIpc) is 2.75. The number of aromatic nitrogens is 2. The van der Waals surface area contributed by atoms with E-state index < -0.39 is 0 Å². The van der Waals surface area contributed by atoms with Crippen LogP contribution in [0.2, 0.25) is 0 Å². The van der Waals surface area contributed by atoms with E-state index in [4.69, 9.17) is 5.73 Å². The van der Waals surface area contributed by atoms with Crippen LogP contribution in [0.5, 0.6) is 0 Å². The number of nitrogens with zero attached hydrogens (tertiary/aromatic N) is 1. The van der Waals surface area contributed by atoms with Gasteiger partial charge in [0, 0.05) is 34.3 Å². The molecule has 76 valence electrons. The number of halogens is 1. The van der Waals surface area contributed by atoms with Crippen LogP contribution in [0.1, 0.15) is 17.8 Å².